The zero-order valence-corrected chi connectivity index (χ0v) is 17.8. The zero-order chi connectivity index (χ0) is 17.5. The molecular formula is C19H24ClIN4O. The molecule has 0 atom stereocenters. The van der Waals surface area contributed by atoms with Crippen LogP contribution in [-0.4, -0.2) is 24.6 Å². The lowest BCUT2D eigenvalue weighted by atomic mass is 10.2. The van der Waals surface area contributed by atoms with E-state index < -0.39 is 0 Å². The van der Waals surface area contributed by atoms with Crippen LogP contribution in [0.2, 0.25) is 5.02 Å². The maximum atomic E-state index is 6.17. The third kappa shape index (κ3) is 6.64. The summed E-state index contributed by atoms with van der Waals surface area (Å²) in [6, 6.07) is 11.7. The van der Waals surface area contributed by atoms with Crippen LogP contribution < -0.4 is 15.4 Å². The van der Waals surface area contributed by atoms with Gasteiger partial charge < -0.3 is 15.4 Å². The van der Waals surface area contributed by atoms with Crippen LogP contribution in [0, 0.1) is 5.92 Å². The number of hydrogen-bond acceptors (Lipinski definition) is 3. The highest BCUT2D eigenvalue weighted by molar-refractivity contribution is 14.0. The molecule has 0 radical (unpaired) electrons. The van der Waals surface area contributed by atoms with Crippen molar-refractivity contribution in [3.63, 3.8) is 0 Å². The lowest BCUT2D eigenvalue weighted by molar-refractivity contribution is 0.288. The molecule has 1 fully saturated rings. The molecule has 1 aliphatic carbocycles. The first-order valence-corrected chi connectivity index (χ1v) is 8.88. The Labute approximate surface area is 176 Å². The zero-order valence-electron chi connectivity index (χ0n) is 14.7. The molecule has 0 spiro atoms. The minimum Gasteiger partial charge on any atom is -0.477 e. The maximum Gasteiger partial charge on any atom is 0.213 e. The Balaban J connectivity index is 0.00000243. The Morgan fingerprint density at radius 1 is 1.19 bits per heavy atom. The van der Waals surface area contributed by atoms with Crippen molar-refractivity contribution in [2.45, 2.75) is 25.9 Å². The van der Waals surface area contributed by atoms with Gasteiger partial charge in [0.25, 0.3) is 0 Å². The molecule has 0 unspecified atom stereocenters. The van der Waals surface area contributed by atoms with E-state index in [9.17, 15) is 0 Å². The predicted molar refractivity (Wildman–Crippen MR) is 116 cm³/mol. The standard InChI is InChI=1S/C19H23ClN4O.HI/c1-21-19(24-12-16-4-2-3-5-17(16)20)23-11-15-8-9-18(22-10-15)25-13-14-6-7-14;/h2-5,8-10,14H,6-7,11-13H2,1H3,(H2,21,23,24);1H. The lowest BCUT2D eigenvalue weighted by Crippen LogP contribution is -2.36. The molecule has 1 aromatic carbocycles. The van der Waals surface area contributed by atoms with Crippen LogP contribution in [0.5, 0.6) is 5.88 Å². The largest absolute Gasteiger partial charge is 0.477 e. The quantitative estimate of drug-likeness (QED) is 0.353. The normalized spacial score (nSPS) is 13.7. The van der Waals surface area contributed by atoms with E-state index in [1.165, 1.54) is 12.8 Å². The molecule has 26 heavy (non-hydrogen) atoms. The number of ether oxygens (including phenoxy) is 1. The van der Waals surface area contributed by atoms with Gasteiger partial charge >= 0.3 is 0 Å². The van der Waals surface area contributed by atoms with Gasteiger partial charge in [0.15, 0.2) is 5.96 Å². The summed E-state index contributed by atoms with van der Waals surface area (Å²) < 4.78 is 5.65. The fourth-order valence-electron chi connectivity index (χ4n) is 2.32. The van der Waals surface area contributed by atoms with E-state index in [0.717, 1.165) is 28.7 Å². The van der Waals surface area contributed by atoms with E-state index in [0.29, 0.717) is 24.9 Å². The molecule has 3 rings (SSSR count). The molecule has 7 heteroatoms. The number of aliphatic imine (C=N–C) groups is 1. The van der Waals surface area contributed by atoms with E-state index in [1.807, 2.05) is 42.6 Å². The molecule has 1 aliphatic rings. The summed E-state index contributed by atoms with van der Waals surface area (Å²) in [6.07, 6.45) is 4.39. The Kier molecular flexibility index (Phi) is 8.44. The smallest absolute Gasteiger partial charge is 0.213 e. The van der Waals surface area contributed by atoms with Crippen molar-refractivity contribution in [1.29, 1.82) is 0 Å². The van der Waals surface area contributed by atoms with Gasteiger partial charge in [-0.15, -0.1) is 24.0 Å². The van der Waals surface area contributed by atoms with Crippen LogP contribution in [0.25, 0.3) is 0 Å². The number of rotatable bonds is 7. The summed E-state index contributed by atoms with van der Waals surface area (Å²) in [4.78, 5) is 8.57. The van der Waals surface area contributed by atoms with Crippen LogP contribution in [0.3, 0.4) is 0 Å². The molecule has 0 amide bonds. The first-order valence-electron chi connectivity index (χ1n) is 8.50. The van der Waals surface area contributed by atoms with Crippen LogP contribution in [0.1, 0.15) is 24.0 Å². The van der Waals surface area contributed by atoms with Crippen LogP contribution in [0.15, 0.2) is 47.6 Å². The summed E-state index contributed by atoms with van der Waals surface area (Å²) in [5.74, 6) is 2.14. The molecule has 0 saturated heterocycles. The average molecular weight is 487 g/mol. The molecular weight excluding hydrogens is 463 g/mol. The second-order valence-corrected chi connectivity index (χ2v) is 6.54. The van der Waals surface area contributed by atoms with Crippen molar-refractivity contribution in [3.05, 3.63) is 58.7 Å². The van der Waals surface area contributed by atoms with Crippen molar-refractivity contribution in [1.82, 2.24) is 15.6 Å². The van der Waals surface area contributed by atoms with Gasteiger partial charge in [-0.25, -0.2) is 4.98 Å². The van der Waals surface area contributed by atoms with E-state index in [2.05, 4.69) is 20.6 Å². The topological polar surface area (TPSA) is 58.5 Å². The molecule has 1 heterocycles. The van der Waals surface area contributed by atoms with Crippen LogP contribution in [-0.2, 0) is 13.1 Å². The van der Waals surface area contributed by atoms with Gasteiger partial charge in [-0.1, -0.05) is 35.9 Å². The second-order valence-electron chi connectivity index (χ2n) is 6.13. The Morgan fingerprint density at radius 3 is 2.62 bits per heavy atom. The van der Waals surface area contributed by atoms with Gasteiger partial charge in [0.2, 0.25) is 5.88 Å². The molecule has 2 N–H and O–H groups in total. The third-order valence-electron chi connectivity index (χ3n) is 4.05. The molecule has 1 aromatic heterocycles. The SMILES string of the molecule is CN=C(NCc1ccc(OCC2CC2)nc1)NCc1ccccc1Cl.I. The number of hydrogen-bond donors (Lipinski definition) is 2. The molecule has 2 aromatic rings. The minimum absolute atomic E-state index is 0. The first kappa shape index (κ1) is 20.8. The highest BCUT2D eigenvalue weighted by atomic mass is 127. The summed E-state index contributed by atoms with van der Waals surface area (Å²) in [5.41, 5.74) is 2.10. The Hall–Kier alpha value is -1.54. The van der Waals surface area contributed by atoms with Crippen LogP contribution in [0.4, 0.5) is 0 Å². The molecule has 5 nitrogen and oxygen atoms in total. The number of pyridine rings is 1. The Morgan fingerprint density at radius 2 is 1.96 bits per heavy atom. The summed E-state index contributed by atoms with van der Waals surface area (Å²) in [5, 5.41) is 7.27. The monoisotopic (exact) mass is 486 g/mol. The van der Waals surface area contributed by atoms with E-state index >= 15 is 0 Å². The number of guanidine groups is 1. The minimum atomic E-state index is 0. The third-order valence-corrected chi connectivity index (χ3v) is 4.42. The van der Waals surface area contributed by atoms with Gasteiger partial charge in [-0.05, 0) is 36.0 Å². The van der Waals surface area contributed by atoms with Crippen LogP contribution >= 0.6 is 35.6 Å². The van der Waals surface area contributed by atoms with Crippen molar-refractivity contribution in [3.8, 4) is 5.88 Å². The number of halogens is 2. The lowest BCUT2D eigenvalue weighted by Gasteiger charge is -2.13. The van der Waals surface area contributed by atoms with Crippen molar-refractivity contribution < 1.29 is 4.74 Å². The fourth-order valence-corrected chi connectivity index (χ4v) is 2.52. The van der Waals surface area contributed by atoms with E-state index in [4.69, 9.17) is 16.3 Å². The van der Waals surface area contributed by atoms with Gasteiger partial charge in [0.1, 0.15) is 0 Å². The highest BCUT2D eigenvalue weighted by Gasteiger charge is 2.21. The average Bonchev–Trinajstić information content (AvgIpc) is 3.47. The van der Waals surface area contributed by atoms with Gasteiger partial charge in [-0.2, -0.15) is 0 Å². The highest BCUT2D eigenvalue weighted by Crippen LogP contribution is 2.29. The number of aromatic nitrogens is 1. The summed E-state index contributed by atoms with van der Waals surface area (Å²) >= 11 is 6.17. The molecule has 140 valence electrons. The Bertz CT molecular complexity index is 720. The predicted octanol–water partition coefficient (Wildman–Crippen LogP) is 4.01. The summed E-state index contributed by atoms with van der Waals surface area (Å²) in [6.45, 7) is 2.03. The number of benzene rings is 1. The molecule has 0 aliphatic heterocycles. The maximum absolute atomic E-state index is 6.17. The van der Waals surface area contributed by atoms with E-state index in [-0.39, 0.29) is 24.0 Å². The first-order chi connectivity index (χ1) is 12.2. The number of nitrogens with zero attached hydrogens (tertiary/aromatic N) is 2. The van der Waals surface area contributed by atoms with Gasteiger partial charge in [0.05, 0.1) is 6.61 Å². The summed E-state index contributed by atoms with van der Waals surface area (Å²) in [7, 11) is 1.75. The van der Waals surface area contributed by atoms with Gasteiger partial charge in [-0.3, -0.25) is 4.99 Å². The molecule has 1 saturated carbocycles. The molecule has 0 bridgehead atoms. The van der Waals surface area contributed by atoms with Gasteiger partial charge in [0, 0.05) is 37.4 Å². The number of nitrogens with one attached hydrogen (secondary N) is 2. The van der Waals surface area contributed by atoms with E-state index in [1.54, 1.807) is 7.05 Å². The van der Waals surface area contributed by atoms with Crippen molar-refractivity contribution in [2.24, 2.45) is 10.9 Å². The van der Waals surface area contributed by atoms with Crippen molar-refractivity contribution >= 4 is 41.5 Å². The fraction of sp³-hybridized carbons (Fsp3) is 0.368. The second kappa shape index (κ2) is 10.6. The van der Waals surface area contributed by atoms with Crippen molar-refractivity contribution in [2.75, 3.05) is 13.7 Å².